The van der Waals surface area contributed by atoms with E-state index in [0.717, 1.165) is 5.56 Å². The first-order valence-corrected chi connectivity index (χ1v) is 7.47. The van der Waals surface area contributed by atoms with E-state index in [0.29, 0.717) is 17.2 Å². The van der Waals surface area contributed by atoms with E-state index >= 15 is 0 Å². The lowest BCUT2D eigenvalue weighted by Gasteiger charge is -2.06. The lowest BCUT2D eigenvalue weighted by atomic mass is 10.1. The van der Waals surface area contributed by atoms with E-state index in [1.54, 1.807) is 30.3 Å². The van der Waals surface area contributed by atoms with Gasteiger partial charge < -0.3 is 5.11 Å². The van der Waals surface area contributed by atoms with Crippen LogP contribution in [0.4, 0.5) is 4.39 Å². The first-order valence-electron chi connectivity index (χ1n) is 7.09. The van der Waals surface area contributed by atoms with Gasteiger partial charge in [-0.3, -0.25) is 4.79 Å². The molecule has 122 valence electrons. The fourth-order valence-electron chi connectivity index (χ4n) is 2.21. The maximum Gasteiger partial charge on any atom is 0.303 e. The molecule has 0 radical (unpaired) electrons. The predicted octanol–water partition coefficient (Wildman–Crippen LogP) is 3.14. The van der Waals surface area contributed by atoms with Gasteiger partial charge in [0.05, 0.1) is 17.8 Å². The number of nitrogens with zero attached hydrogens (tertiary/aromatic N) is 4. The van der Waals surface area contributed by atoms with Crippen LogP contribution in [-0.4, -0.2) is 31.1 Å². The van der Waals surface area contributed by atoms with Crippen LogP contribution in [-0.2, 0) is 11.2 Å². The number of carbonyl (C=O) groups is 1. The number of aryl methyl sites for hydroxylation is 1. The van der Waals surface area contributed by atoms with Crippen molar-refractivity contribution in [1.82, 2.24) is 20.0 Å². The van der Waals surface area contributed by atoms with Crippen LogP contribution >= 0.6 is 11.6 Å². The van der Waals surface area contributed by atoms with Crippen molar-refractivity contribution in [3.8, 4) is 17.1 Å². The van der Waals surface area contributed by atoms with E-state index in [2.05, 4.69) is 15.3 Å². The van der Waals surface area contributed by atoms with E-state index in [1.165, 1.54) is 16.8 Å². The summed E-state index contributed by atoms with van der Waals surface area (Å²) in [6.45, 7) is 0. The Morgan fingerprint density at radius 3 is 2.54 bits per heavy atom. The summed E-state index contributed by atoms with van der Waals surface area (Å²) < 4.78 is 14.7. The Morgan fingerprint density at radius 2 is 1.92 bits per heavy atom. The molecule has 6 nitrogen and oxygen atoms in total. The topological polar surface area (TPSA) is 80.9 Å². The third-order valence-corrected chi connectivity index (χ3v) is 3.53. The van der Waals surface area contributed by atoms with Crippen molar-refractivity contribution in [2.45, 2.75) is 12.8 Å². The molecule has 0 spiro atoms. The molecule has 0 fully saturated rings. The summed E-state index contributed by atoms with van der Waals surface area (Å²) in [5.41, 5.74) is 1.97. The summed E-state index contributed by atoms with van der Waals surface area (Å²) in [7, 11) is 0. The average molecular weight is 347 g/mol. The van der Waals surface area contributed by atoms with Crippen LogP contribution in [0.1, 0.15) is 12.1 Å². The Bertz CT molecular complexity index is 800. The highest BCUT2D eigenvalue weighted by Crippen LogP contribution is 2.24. The van der Waals surface area contributed by atoms with Gasteiger partial charge in [0, 0.05) is 12.0 Å². The zero-order valence-corrected chi connectivity index (χ0v) is 13.1. The van der Waals surface area contributed by atoms with E-state index in [1.807, 2.05) is 0 Å². The number of carboxylic acid groups (broad SMARTS) is 1. The molecule has 3 aromatic rings. The van der Waals surface area contributed by atoms with E-state index < -0.39 is 5.97 Å². The molecule has 0 aliphatic carbocycles. The summed E-state index contributed by atoms with van der Waals surface area (Å²) in [4.78, 5) is 10.8. The first-order chi connectivity index (χ1) is 11.5. The van der Waals surface area contributed by atoms with Gasteiger partial charge in [-0.05, 0) is 42.5 Å². The van der Waals surface area contributed by atoms with Crippen LogP contribution in [0.5, 0.6) is 0 Å². The minimum atomic E-state index is -0.904. The first kappa shape index (κ1) is 16.1. The van der Waals surface area contributed by atoms with Gasteiger partial charge in [0.15, 0.2) is 11.0 Å². The molecule has 2 heterocycles. The third kappa shape index (κ3) is 3.57. The molecule has 0 unspecified atom stereocenters. The second kappa shape index (κ2) is 6.76. The van der Waals surface area contributed by atoms with Gasteiger partial charge in [-0.1, -0.05) is 11.6 Å². The van der Waals surface area contributed by atoms with Gasteiger partial charge in [-0.15, -0.1) is 10.2 Å². The third-order valence-electron chi connectivity index (χ3n) is 3.33. The maximum atomic E-state index is 13.2. The summed E-state index contributed by atoms with van der Waals surface area (Å²) >= 11 is 5.75. The van der Waals surface area contributed by atoms with Gasteiger partial charge in [0.25, 0.3) is 0 Å². The molecule has 1 aromatic carbocycles. The zero-order valence-electron chi connectivity index (χ0n) is 12.4. The smallest absolute Gasteiger partial charge is 0.303 e. The summed E-state index contributed by atoms with van der Waals surface area (Å²) in [5, 5.41) is 21.3. The van der Waals surface area contributed by atoms with E-state index in [-0.39, 0.29) is 23.8 Å². The summed E-state index contributed by atoms with van der Waals surface area (Å²) in [6.07, 6.45) is 0.240. The fourth-order valence-corrected chi connectivity index (χ4v) is 2.31. The molecule has 2 aromatic heterocycles. The van der Waals surface area contributed by atoms with Crippen LogP contribution in [0.2, 0.25) is 5.15 Å². The Hall–Kier alpha value is -2.80. The van der Waals surface area contributed by atoms with Crippen LogP contribution in [0.3, 0.4) is 0 Å². The van der Waals surface area contributed by atoms with Crippen molar-refractivity contribution in [2.24, 2.45) is 0 Å². The molecule has 0 aliphatic heterocycles. The number of aliphatic carboxylic acids is 1. The summed E-state index contributed by atoms with van der Waals surface area (Å²) in [6, 6.07) is 10.9. The Kier molecular flexibility index (Phi) is 4.52. The molecule has 0 bridgehead atoms. The van der Waals surface area contributed by atoms with Crippen LogP contribution in [0, 0.1) is 5.82 Å². The van der Waals surface area contributed by atoms with Gasteiger partial charge in [0.1, 0.15) is 5.82 Å². The van der Waals surface area contributed by atoms with Gasteiger partial charge in [-0.2, -0.15) is 5.10 Å². The lowest BCUT2D eigenvalue weighted by molar-refractivity contribution is -0.136. The van der Waals surface area contributed by atoms with Gasteiger partial charge in [-0.25, -0.2) is 9.07 Å². The number of hydrogen-bond donors (Lipinski definition) is 1. The SMILES string of the molecule is O=C(O)CCc1cc(-c2ccc(F)cc2)n(-c2ccc(Cl)nn2)n1. The Morgan fingerprint density at radius 1 is 1.17 bits per heavy atom. The number of benzene rings is 1. The second-order valence-corrected chi connectivity index (χ2v) is 5.43. The van der Waals surface area contributed by atoms with Crippen molar-refractivity contribution < 1.29 is 14.3 Å². The number of carboxylic acids is 1. The molecular weight excluding hydrogens is 335 g/mol. The molecule has 24 heavy (non-hydrogen) atoms. The van der Waals surface area contributed by atoms with Crippen molar-refractivity contribution in [3.05, 3.63) is 59.1 Å². The highest BCUT2D eigenvalue weighted by molar-refractivity contribution is 6.29. The highest BCUT2D eigenvalue weighted by atomic mass is 35.5. The van der Waals surface area contributed by atoms with Crippen LogP contribution in [0.15, 0.2) is 42.5 Å². The number of aromatic nitrogens is 4. The monoisotopic (exact) mass is 346 g/mol. The van der Waals surface area contributed by atoms with E-state index in [9.17, 15) is 9.18 Å². The highest BCUT2D eigenvalue weighted by Gasteiger charge is 2.14. The van der Waals surface area contributed by atoms with Crippen LogP contribution < -0.4 is 0 Å². The molecule has 0 amide bonds. The van der Waals surface area contributed by atoms with Crippen molar-refractivity contribution in [3.63, 3.8) is 0 Å². The normalized spacial score (nSPS) is 10.8. The largest absolute Gasteiger partial charge is 0.481 e. The molecule has 0 saturated carbocycles. The fraction of sp³-hybridized carbons (Fsp3) is 0.125. The van der Waals surface area contributed by atoms with Crippen LogP contribution in [0.25, 0.3) is 17.1 Å². The summed E-state index contributed by atoms with van der Waals surface area (Å²) in [5.74, 6) is -0.818. The zero-order chi connectivity index (χ0) is 17.1. The molecule has 8 heteroatoms. The number of halogens is 2. The quantitative estimate of drug-likeness (QED) is 0.767. The van der Waals surface area contributed by atoms with Crippen molar-refractivity contribution in [1.29, 1.82) is 0 Å². The standard InChI is InChI=1S/C16H12ClFN4O2/c17-14-6-7-15(20-19-14)22-13(10-1-3-11(18)4-2-10)9-12(21-22)5-8-16(23)24/h1-4,6-7,9H,5,8H2,(H,23,24). The molecule has 3 rings (SSSR count). The van der Waals surface area contributed by atoms with Crippen molar-refractivity contribution >= 4 is 17.6 Å². The number of rotatable bonds is 5. The predicted molar refractivity (Wildman–Crippen MR) is 85.5 cm³/mol. The lowest BCUT2D eigenvalue weighted by Crippen LogP contribution is -2.04. The minimum Gasteiger partial charge on any atom is -0.481 e. The molecule has 1 N–H and O–H groups in total. The van der Waals surface area contributed by atoms with Crippen molar-refractivity contribution in [2.75, 3.05) is 0 Å². The van der Waals surface area contributed by atoms with Gasteiger partial charge in [0.2, 0.25) is 0 Å². The molecular formula is C16H12ClFN4O2. The van der Waals surface area contributed by atoms with E-state index in [4.69, 9.17) is 16.7 Å². The Labute approximate surface area is 141 Å². The molecule has 0 saturated heterocycles. The number of hydrogen-bond acceptors (Lipinski definition) is 4. The van der Waals surface area contributed by atoms with Gasteiger partial charge >= 0.3 is 5.97 Å². The molecule has 0 aliphatic rings. The second-order valence-electron chi connectivity index (χ2n) is 5.05. The Balaban J connectivity index is 2.05. The molecule has 0 atom stereocenters. The average Bonchev–Trinajstić information content (AvgIpc) is 2.98. The minimum absolute atomic E-state index is 0.0355. The maximum absolute atomic E-state index is 13.2.